The molecular formula is C7H13BrO2. The van der Waals surface area contributed by atoms with Gasteiger partial charge in [-0.3, -0.25) is 0 Å². The highest BCUT2D eigenvalue weighted by atomic mass is 79.9. The standard InChI is InChI=1S/C7H13BrO2/c1-7(2,5-8)10-6-3-9-4-6/h6H,3-5H2,1-2H3. The largest absolute Gasteiger partial charge is 0.376 e. The van der Waals surface area contributed by atoms with E-state index in [1.54, 1.807) is 0 Å². The normalized spacial score (nSPS) is 20.7. The summed E-state index contributed by atoms with van der Waals surface area (Å²) in [5.74, 6) is 0. The first-order chi connectivity index (χ1) is 4.64. The van der Waals surface area contributed by atoms with E-state index in [9.17, 15) is 0 Å². The molecule has 10 heavy (non-hydrogen) atoms. The fraction of sp³-hybridized carbons (Fsp3) is 1.00. The summed E-state index contributed by atoms with van der Waals surface area (Å²) in [6.07, 6.45) is 0.326. The van der Waals surface area contributed by atoms with Gasteiger partial charge in [-0.25, -0.2) is 0 Å². The summed E-state index contributed by atoms with van der Waals surface area (Å²) in [5.41, 5.74) is -0.0472. The zero-order valence-electron chi connectivity index (χ0n) is 6.39. The molecule has 2 nitrogen and oxygen atoms in total. The van der Waals surface area contributed by atoms with Crippen LogP contribution >= 0.6 is 15.9 Å². The Balaban J connectivity index is 2.21. The van der Waals surface area contributed by atoms with Crippen molar-refractivity contribution in [1.29, 1.82) is 0 Å². The second-order valence-corrected chi connectivity index (χ2v) is 3.73. The Labute approximate surface area is 70.0 Å². The van der Waals surface area contributed by atoms with Crippen molar-refractivity contribution in [3.05, 3.63) is 0 Å². The van der Waals surface area contributed by atoms with Crippen molar-refractivity contribution in [2.45, 2.75) is 25.6 Å². The Kier molecular flexibility index (Phi) is 2.72. The summed E-state index contributed by atoms with van der Waals surface area (Å²) in [6.45, 7) is 5.66. The lowest BCUT2D eigenvalue weighted by Gasteiger charge is -2.34. The first-order valence-corrected chi connectivity index (χ1v) is 4.58. The molecule has 0 saturated carbocycles. The topological polar surface area (TPSA) is 18.5 Å². The van der Waals surface area contributed by atoms with E-state index in [2.05, 4.69) is 29.8 Å². The minimum absolute atomic E-state index is 0.0472. The molecule has 0 unspecified atom stereocenters. The highest BCUT2D eigenvalue weighted by molar-refractivity contribution is 9.09. The van der Waals surface area contributed by atoms with E-state index in [-0.39, 0.29) is 5.60 Å². The lowest BCUT2D eigenvalue weighted by atomic mass is 10.1. The van der Waals surface area contributed by atoms with Crippen molar-refractivity contribution < 1.29 is 9.47 Å². The van der Waals surface area contributed by atoms with Gasteiger partial charge in [0.2, 0.25) is 0 Å². The van der Waals surface area contributed by atoms with Crippen LogP contribution in [0.15, 0.2) is 0 Å². The molecule has 1 heterocycles. The van der Waals surface area contributed by atoms with Crippen molar-refractivity contribution in [2.24, 2.45) is 0 Å². The van der Waals surface area contributed by atoms with Gasteiger partial charge in [-0.05, 0) is 13.8 Å². The van der Waals surface area contributed by atoms with Gasteiger partial charge in [0.05, 0.1) is 18.8 Å². The molecule has 0 N–H and O–H groups in total. The minimum Gasteiger partial charge on any atom is -0.376 e. The molecule has 0 radical (unpaired) electrons. The Hall–Kier alpha value is 0.400. The van der Waals surface area contributed by atoms with Crippen LogP contribution in [0.25, 0.3) is 0 Å². The van der Waals surface area contributed by atoms with Gasteiger partial charge in [0.25, 0.3) is 0 Å². The third-order valence-electron chi connectivity index (χ3n) is 1.42. The van der Waals surface area contributed by atoms with E-state index in [1.165, 1.54) is 0 Å². The number of halogens is 1. The zero-order chi connectivity index (χ0) is 7.61. The van der Waals surface area contributed by atoms with E-state index in [1.807, 2.05) is 0 Å². The Morgan fingerprint density at radius 2 is 2.20 bits per heavy atom. The molecule has 0 aromatic carbocycles. The van der Waals surface area contributed by atoms with Crippen molar-refractivity contribution >= 4 is 15.9 Å². The lowest BCUT2D eigenvalue weighted by Crippen LogP contribution is -2.43. The summed E-state index contributed by atoms with van der Waals surface area (Å²) in [7, 11) is 0. The maximum Gasteiger partial charge on any atom is 0.105 e. The summed E-state index contributed by atoms with van der Waals surface area (Å²) < 4.78 is 10.6. The molecule has 0 spiro atoms. The van der Waals surface area contributed by atoms with Crippen LogP contribution < -0.4 is 0 Å². The molecule has 3 heteroatoms. The second kappa shape index (κ2) is 3.20. The third-order valence-corrected chi connectivity index (χ3v) is 2.77. The molecule has 0 aliphatic carbocycles. The van der Waals surface area contributed by atoms with Crippen LogP contribution in [0, 0.1) is 0 Å². The van der Waals surface area contributed by atoms with Gasteiger partial charge in [0, 0.05) is 5.33 Å². The highest BCUT2D eigenvalue weighted by Crippen LogP contribution is 2.18. The van der Waals surface area contributed by atoms with Crippen molar-refractivity contribution in [3.63, 3.8) is 0 Å². The molecule has 0 aromatic heterocycles. The molecule has 0 amide bonds. The molecule has 0 bridgehead atoms. The Morgan fingerprint density at radius 3 is 2.50 bits per heavy atom. The molecular weight excluding hydrogens is 196 g/mol. The van der Waals surface area contributed by atoms with Crippen LogP contribution in [0.4, 0.5) is 0 Å². The number of rotatable bonds is 3. The van der Waals surface area contributed by atoms with Crippen LogP contribution in [0.2, 0.25) is 0 Å². The van der Waals surface area contributed by atoms with Gasteiger partial charge in [-0.1, -0.05) is 15.9 Å². The Morgan fingerprint density at radius 1 is 1.60 bits per heavy atom. The summed E-state index contributed by atoms with van der Waals surface area (Å²) >= 11 is 3.39. The van der Waals surface area contributed by atoms with Gasteiger partial charge in [-0.15, -0.1) is 0 Å². The fourth-order valence-corrected chi connectivity index (χ4v) is 0.897. The number of hydrogen-bond donors (Lipinski definition) is 0. The fourth-order valence-electron chi connectivity index (χ4n) is 0.765. The number of hydrogen-bond acceptors (Lipinski definition) is 2. The van der Waals surface area contributed by atoms with E-state index < -0.39 is 0 Å². The van der Waals surface area contributed by atoms with Gasteiger partial charge in [-0.2, -0.15) is 0 Å². The number of ether oxygens (including phenoxy) is 2. The van der Waals surface area contributed by atoms with Crippen molar-refractivity contribution in [3.8, 4) is 0 Å². The van der Waals surface area contributed by atoms with Gasteiger partial charge >= 0.3 is 0 Å². The molecule has 1 fully saturated rings. The summed E-state index contributed by atoms with van der Waals surface area (Å²) in [6, 6.07) is 0. The molecule has 1 aliphatic heterocycles. The average Bonchev–Trinajstić information content (AvgIpc) is 1.80. The van der Waals surface area contributed by atoms with Crippen LogP contribution in [-0.4, -0.2) is 30.2 Å². The zero-order valence-corrected chi connectivity index (χ0v) is 7.98. The van der Waals surface area contributed by atoms with Crippen molar-refractivity contribution in [2.75, 3.05) is 18.5 Å². The van der Waals surface area contributed by atoms with E-state index in [0.29, 0.717) is 6.10 Å². The van der Waals surface area contributed by atoms with Crippen molar-refractivity contribution in [1.82, 2.24) is 0 Å². The SMILES string of the molecule is CC(C)(CBr)OC1COC1. The average molecular weight is 209 g/mol. The van der Waals surface area contributed by atoms with E-state index in [0.717, 1.165) is 18.5 Å². The molecule has 1 aliphatic rings. The van der Waals surface area contributed by atoms with Crippen LogP contribution in [0.1, 0.15) is 13.8 Å². The predicted molar refractivity (Wildman–Crippen MR) is 43.6 cm³/mol. The summed E-state index contributed by atoms with van der Waals surface area (Å²) in [5, 5.41) is 0.872. The highest BCUT2D eigenvalue weighted by Gasteiger charge is 2.27. The lowest BCUT2D eigenvalue weighted by molar-refractivity contribution is -0.174. The molecule has 1 saturated heterocycles. The monoisotopic (exact) mass is 208 g/mol. The first-order valence-electron chi connectivity index (χ1n) is 3.45. The maximum atomic E-state index is 5.65. The van der Waals surface area contributed by atoms with E-state index in [4.69, 9.17) is 9.47 Å². The Bertz CT molecular complexity index is 110. The predicted octanol–water partition coefficient (Wildman–Crippen LogP) is 1.58. The van der Waals surface area contributed by atoms with Gasteiger partial charge < -0.3 is 9.47 Å². The van der Waals surface area contributed by atoms with Crippen LogP contribution in [0.5, 0.6) is 0 Å². The molecule has 0 aromatic rings. The molecule has 60 valence electrons. The quantitative estimate of drug-likeness (QED) is 0.657. The second-order valence-electron chi connectivity index (χ2n) is 3.17. The third kappa shape index (κ3) is 2.22. The smallest absolute Gasteiger partial charge is 0.105 e. The van der Waals surface area contributed by atoms with Crippen LogP contribution in [-0.2, 0) is 9.47 Å². The summed E-state index contributed by atoms with van der Waals surface area (Å²) in [4.78, 5) is 0. The molecule has 1 rings (SSSR count). The van der Waals surface area contributed by atoms with Gasteiger partial charge in [0.15, 0.2) is 0 Å². The van der Waals surface area contributed by atoms with E-state index >= 15 is 0 Å². The van der Waals surface area contributed by atoms with Gasteiger partial charge in [0.1, 0.15) is 6.10 Å². The minimum atomic E-state index is -0.0472. The first kappa shape index (κ1) is 8.50. The molecule has 0 atom stereocenters. The van der Waals surface area contributed by atoms with Crippen LogP contribution in [0.3, 0.4) is 0 Å². The maximum absolute atomic E-state index is 5.65. The number of alkyl halides is 1.